The highest BCUT2D eigenvalue weighted by molar-refractivity contribution is 7.15. The Balaban J connectivity index is 1.68. The summed E-state index contributed by atoms with van der Waals surface area (Å²) >= 11 is 1.87. The van der Waals surface area contributed by atoms with Gasteiger partial charge in [0, 0.05) is 41.6 Å². The summed E-state index contributed by atoms with van der Waals surface area (Å²) in [6.45, 7) is 8.53. The van der Waals surface area contributed by atoms with E-state index in [-0.39, 0.29) is 12.1 Å². The lowest BCUT2D eigenvalue weighted by molar-refractivity contribution is 0.247. The van der Waals surface area contributed by atoms with Crippen molar-refractivity contribution < 1.29 is 4.79 Å². The molecule has 170 valence electrons. The number of likely N-dealkylation sites (N-methyl/N-ethyl adjacent to an activating group) is 1. The second-order valence-corrected chi connectivity index (χ2v) is 10.3. The summed E-state index contributed by atoms with van der Waals surface area (Å²) in [7, 11) is 2.18. The standard InChI is InChI=1S/C26H34N4OS/c1-18(2)11-12-22(28-26(31)27-21-10-6-5-9-19(21)3)24-20-13-16-29(4)17-23(20)32-25(24)30-14-7-8-15-30/h5-10,14-15,18,22H,11-13,16-17H2,1-4H3,(H2,27,28,31)/t22-/m1/s1. The van der Waals surface area contributed by atoms with Gasteiger partial charge in [-0.05, 0) is 68.5 Å². The highest BCUT2D eigenvalue weighted by Gasteiger charge is 2.29. The van der Waals surface area contributed by atoms with Crippen molar-refractivity contribution in [2.24, 2.45) is 5.92 Å². The average molecular weight is 451 g/mol. The van der Waals surface area contributed by atoms with Gasteiger partial charge in [0.25, 0.3) is 0 Å². The second kappa shape index (κ2) is 9.92. The third-order valence-electron chi connectivity index (χ3n) is 6.19. The van der Waals surface area contributed by atoms with Gasteiger partial charge in [-0.2, -0.15) is 0 Å². The number of carbonyl (C=O) groups is 1. The molecular formula is C26H34N4OS. The minimum atomic E-state index is -0.139. The maximum absolute atomic E-state index is 13.1. The second-order valence-electron chi connectivity index (χ2n) is 9.24. The SMILES string of the molecule is Cc1ccccc1NC(=O)N[C@H](CCC(C)C)c1c(-n2cccc2)sc2c1CCN(C)C2. The van der Waals surface area contributed by atoms with Crippen LogP contribution in [0.5, 0.6) is 0 Å². The van der Waals surface area contributed by atoms with E-state index in [1.165, 1.54) is 21.0 Å². The summed E-state index contributed by atoms with van der Waals surface area (Å²) in [5.74, 6) is 0.578. The van der Waals surface area contributed by atoms with Gasteiger partial charge in [-0.15, -0.1) is 11.3 Å². The minimum absolute atomic E-state index is 0.0257. The number of carbonyl (C=O) groups excluding carboxylic acids is 1. The van der Waals surface area contributed by atoms with E-state index >= 15 is 0 Å². The molecule has 2 amide bonds. The zero-order valence-corrected chi connectivity index (χ0v) is 20.3. The molecule has 0 spiro atoms. The summed E-state index contributed by atoms with van der Waals surface area (Å²) in [5, 5.41) is 7.65. The lowest BCUT2D eigenvalue weighted by Gasteiger charge is -2.26. The first-order chi connectivity index (χ1) is 15.4. The third kappa shape index (κ3) is 5.08. The van der Waals surface area contributed by atoms with Crippen molar-refractivity contribution in [3.63, 3.8) is 0 Å². The predicted octanol–water partition coefficient (Wildman–Crippen LogP) is 6.13. The Kier molecular flexibility index (Phi) is 7.01. The van der Waals surface area contributed by atoms with Crippen LogP contribution in [0, 0.1) is 12.8 Å². The summed E-state index contributed by atoms with van der Waals surface area (Å²) in [6.07, 6.45) is 7.23. The molecule has 32 heavy (non-hydrogen) atoms. The zero-order chi connectivity index (χ0) is 22.7. The number of amides is 2. The highest BCUT2D eigenvalue weighted by Crippen LogP contribution is 2.40. The number of urea groups is 1. The monoisotopic (exact) mass is 450 g/mol. The fourth-order valence-corrected chi connectivity index (χ4v) is 5.84. The third-order valence-corrected chi connectivity index (χ3v) is 7.43. The van der Waals surface area contributed by atoms with Gasteiger partial charge in [-0.1, -0.05) is 32.0 Å². The number of fused-ring (bicyclic) bond motifs is 1. The zero-order valence-electron chi connectivity index (χ0n) is 19.5. The van der Waals surface area contributed by atoms with Crippen LogP contribution in [0.25, 0.3) is 5.00 Å². The van der Waals surface area contributed by atoms with Gasteiger partial charge >= 0.3 is 6.03 Å². The molecule has 0 saturated heterocycles. The van der Waals surface area contributed by atoms with Crippen molar-refractivity contribution >= 4 is 23.1 Å². The van der Waals surface area contributed by atoms with Gasteiger partial charge in [0.1, 0.15) is 5.00 Å². The molecule has 1 aliphatic rings. The van der Waals surface area contributed by atoms with Crippen LogP contribution in [0.15, 0.2) is 48.8 Å². The van der Waals surface area contributed by atoms with Crippen LogP contribution in [-0.4, -0.2) is 29.1 Å². The lowest BCUT2D eigenvalue weighted by atomic mass is 9.92. The van der Waals surface area contributed by atoms with Crippen molar-refractivity contribution in [2.45, 2.75) is 52.6 Å². The molecule has 5 nitrogen and oxygen atoms in total. The normalized spacial score (nSPS) is 14.9. The molecule has 0 aliphatic carbocycles. The van der Waals surface area contributed by atoms with E-state index in [1.54, 1.807) is 0 Å². The van der Waals surface area contributed by atoms with E-state index in [1.807, 2.05) is 42.5 Å². The number of anilines is 1. The van der Waals surface area contributed by atoms with Crippen LogP contribution in [0.1, 0.15) is 54.3 Å². The quantitative estimate of drug-likeness (QED) is 0.455. The number of nitrogens with one attached hydrogen (secondary N) is 2. The molecule has 1 atom stereocenters. The molecule has 0 fully saturated rings. The first-order valence-electron chi connectivity index (χ1n) is 11.5. The molecule has 2 N–H and O–H groups in total. The molecular weight excluding hydrogens is 416 g/mol. The van der Waals surface area contributed by atoms with Gasteiger partial charge in [0.05, 0.1) is 6.04 Å². The van der Waals surface area contributed by atoms with Crippen molar-refractivity contribution in [1.82, 2.24) is 14.8 Å². The Hall–Kier alpha value is -2.57. The number of nitrogens with zero attached hydrogens (tertiary/aromatic N) is 2. The number of rotatable bonds is 7. The molecule has 0 radical (unpaired) electrons. The number of para-hydroxylation sites is 1. The van der Waals surface area contributed by atoms with E-state index in [0.29, 0.717) is 5.92 Å². The molecule has 3 heterocycles. The van der Waals surface area contributed by atoms with Gasteiger partial charge < -0.3 is 20.1 Å². The first kappa shape index (κ1) is 22.6. The molecule has 3 aromatic rings. The fourth-order valence-electron chi connectivity index (χ4n) is 4.38. The van der Waals surface area contributed by atoms with Gasteiger partial charge in [0.2, 0.25) is 0 Å². The summed E-state index contributed by atoms with van der Waals surface area (Å²) < 4.78 is 2.21. The van der Waals surface area contributed by atoms with Crippen LogP contribution < -0.4 is 10.6 Å². The van der Waals surface area contributed by atoms with Gasteiger partial charge in [0.15, 0.2) is 0 Å². The maximum atomic E-state index is 13.1. The van der Waals surface area contributed by atoms with E-state index in [4.69, 9.17) is 0 Å². The van der Waals surface area contributed by atoms with E-state index in [0.717, 1.165) is 43.6 Å². The molecule has 2 aromatic heterocycles. The molecule has 1 aromatic carbocycles. The van der Waals surface area contributed by atoms with Gasteiger partial charge in [-0.25, -0.2) is 4.79 Å². The van der Waals surface area contributed by atoms with Crippen LogP contribution in [0.4, 0.5) is 10.5 Å². The number of hydrogen-bond acceptors (Lipinski definition) is 3. The molecule has 1 aliphatic heterocycles. The van der Waals surface area contributed by atoms with Gasteiger partial charge in [-0.3, -0.25) is 0 Å². The Morgan fingerprint density at radius 2 is 1.88 bits per heavy atom. The maximum Gasteiger partial charge on any atom is 0.319 e. The summed E-state index contributed by atoms with van der Waals surface area (Å²) in [5.41, 5.74) is 4.65. The van der Waals surface area contributed by atoms with Crippen molar-refractivity contribution in [3.8, 4) is 5.00 Å². The van der Waals surface area contributed by atoms with Crippen molar-refractivity contribution in [2.75, 3.05) is 18.9 Å². The summed E-state index contributed by atoms with van der Waals surface area (Å²) in [6, 6.07) is 11.9. The van der Waals surface area contributed by atoms with E-state index in [2.05, 4.69) is 65.5 Å². The molecule has 0 unspecified atom stereocenters. The molecule has 0 saturated carbocycles. The smallest absolute Gasteiger partial charge is 0.319 e. The number of hydrogen-bond donors (Lipinski definition) is 2. The Morgan fingerprint density at radius 1 is 1.12 bits per heavy atom. The van der Waals surface area contributed by atoms with E-state index in [9.17, 15) is 4.79 Å². The molecule has 4 rings (SSSR count). The number of benzene rings is 1. The minimum Gasteiger partial charge on any atom is -0.331 e. The fraction of sp³-hybridized carbons (Fsp3) is 0.423. The van der Waals surface area contributed by atoms with Crippen LogP contribution in [0.2, 0.25) is 0 Å². The van der Waals surface area contributed by atoms with Crippen LogP contribution in [-0.2, 0) is 13.0 Å². The number of aryl methyl sites for hydroxylation is 1. The van der Waals surface area contributed by atoms with Crippen LogP contribution >= 0.6 is 11.3 Å². The Morgan fingerprint density at radius 3 is 2.59 bits per heavy atom. The highest BCUT2D eigenvalue weighted by atomic mass is 32.1. The first-order valence-corrected chi connectivity index (χ1v) is 12.3. The van der Waals surface area contributed by atoms with Crippen molar-refractivity contribution in [1.29, 1.82) is 0 Å². The molecule has 0 bridgehead atoms. The van der Waals surface area contributed by atoms with Crippen LogP contribution in [0.3, 0.4) is 0 Å². The molecule has 6 heteroatoms. The topological polar surface area (TPSA) is 49.3 Å². The van der Waals surface area contributed by atoms with E-state index < -0.39 is 0 Å². The Labute approximate surface area is 195 Å². The number of aromatic nitrogens is 1. The average Bonchev–Trinajstić information content (AvgIpc) is 3.40. The summed E-state index contributed by atoms with van der Waals surface area (Å²) in [4.78, 5) is 16.9. The Bertz CT molecular complexity index is 1050. The number of thiophene rings is 1. The lowest BCUT2D eigenvalue weighted by Crippen LogP contribution is -2.34. The largest absolute Gasteiger partial charge is 0.331 e. The van der Waals surface area contributed by atoms with Crippen molar-refractivity contribution in [3.05, 3.63) is 70.4 Å². The predicted molar refractivity (Wildman–Crippen MR) is 134 cm³/mol.